The molecule has 3 aromatic rings. The molecule has 0 aromatic heterocycles. The molecule has 0 saturated heterocycles. The Hall–Kier alpha value is -3.93. The average molecular weight is 462 g/mol. The maximum absolute atomic E-state index is 13.2. The highest BCUT2D eigenvalue weighted by atomic mass is 19.1. The van der Waals surface area contributed by atoms with Crippen LogP contribution in [0.2, 0.25) is 0 Å². The molecule has 0 bridgehead atoms. The van der Waals surface area contributed by atoms with Crippen LogP contribution in [0.15, 0.2) is 85.1 Å². The van der Waals surface area contributed by atoms with E-state index < -0.39 is 5.97 Å². The zero-order valence-corrected chi connectivity index (χ0v) is 19.1. The summed E-state index contributed by atoms with van der Waals surface area (Å²) in [6.45, 7) is 0.475. The minimum Gasteiger partial charge on any atom is -0.466 e. The molecule has 0 radical (unpaired) electrons. The van der Waals surface area contributed by atoms with Gasteiger partial charge in [0.2, 0.25) is 5.91 Å². The number of rotatable bonds is 11. The fourth-order valence-electron chi connectivity index (χ4n) is 3.37. The average Bonchev–Trinajstić information content (AvgIpc) is 2.86. The van der Waals surface area contributed by atoms with Crippen molar-refractivity contribution in [2.24, 2.45) is 0 Å². The highest BCUT2D eigenvalue weighted by Crippen LogP contribution is 2.23. The molecule has 6 heteroatoms. The zero-order valence-electron chi connectivity index (χ0n) is 19.1. The number of halogens is 1. The highest BCUT2D eigenvalue weighted by Gasteiger charge is 2.04. The fraction of sp³-hybridized carbons (Fsp3) is 0.214. The lowest BCUT2D eigenvalue weighted by molar-refractivity contribution is -0.135. The largest absolute Gasteiger partial charge is 0.466 e. The van der Waals surface area contributed by atoms with Gasteiger partial charge in [-0.15, -0.1) is 0 Å². The maximum atomic E-state index is 13.2. The van der Waals surface area contributed by atoms with Crippen LogP contribution in [0.25, 0.3) is 11.1 Å². The summed E-state index contributed by atoms with van der Waals surface area (Å²) >= 11 is 0. The third-order valence-corrected chi connectivity index (χ3v) is 5.25. The number of hydrogen-bond acceptors (Lipinski definition) is 4. The van der Waals surface area contributed by atoms with Gasteiger partial charge in [-0.2, -0.15) is 0 Å². The third-order valence-electron chi connectivity index (χ3n) is 5.25. The quantitative estimate of drug-likeness (QED) is 0.175. The molecule has 0 heterocycles. The summed E-state index contributed by atoms with van der Waals surface area (Å²) in [5.74, 6) is -0.0784. The van der Waals surface area contributed by atoms with Crippen molar-refractivity contribution in [3.05, 3.63) is 102 Å². The van der Waals surface area contributed by atoms with Gasteiger partial charge in [0.15, 0.2) is 0 Å². The molecule has 0 aliphatic carbocycles. The topological polar surface area (TPSA) is 64.6 Å². The first-order valence-corrected chi connectivity index (χ1v) is 11.1. The van der Waals surface area contributed by atoms with Gasteiger partial charge in [-0.25, -0.2) is 9.18 Å². The van der Waals surface area contributed by atoms with Crippen molar-refractivity contribution < 1.29 is 23.5 Å². The Morgan fingerprint density at radius 1 is 0.912 bits per heavy atom. The number of carbonyl (C=O) groups is 2. The van der Waals surface area contributed by atoms with Crippen molar-refractivity contribution in [3.63, 3.8) is 0 Å². The van der Waals surface area contributed by atoms with E-state index >= 15 is 0 Å². The van der Waals surface area contributed by atoms with Gasteiger partial charge in [-0.3, -0.25) is 4.79 Å². The number of unbranched alkanes of at least 4 members (excludes halogenated alkanes) is 1. The summed E-state index contributed by atoms with van der Waals surface area (Å²) in [7, 11) is 1.31. The van der Waals surface area contributed by atoms with Crippen LogP contribution >= 0.6 is 0 Å². The van der Waals surface area contributed by atoms with Gasteiger partial charge in [0, 0.05) is 13.0 Å². The molecular formula is C28H28FNO4. The van der Waals surface area contributed by atoms with Crippen molar-refractivity contribution in [1.29, 1.82) is 0 Å². The number of methoxy groups -OCH3 is 1. The van der Waals surface area contributed by atoms with Crippen LogP contribution in [0, 0.1) is 5.82 Å². The molecule has 0 saturated carbocycles. The van der Waals surface area contributed by atoms with E-state index in [1.807, 2.05) is 54.6 Å². The van der Waals surface area contributed by atoms with Crippen molar-refractivity contribution >= 4 is 11.9 Å². The Bertz CT molecular complexity index is 1110. The van der Waals surface area contributed by atoms with Crippen LogP contribution < -0.4 is 10.1 Å². The number of aryl methyl sites for hydroxylation is 1. The number of ether oxygens (including phenoxy) is 2. The van der Waals surface area contributed by atoms with Crippen LogP contribution in [0.3, 0.4) is 0 Å². The lowest BCUT2D eigenvalue weighted by Crippen LogP contribution is -2.22. The first kappa shape index (κ1) is 24.7. The van der Waals surface area contributed by atoms with Gasteiger partial charge in [0.25, 0.3) is 0 Å². The van der Waals surface area contributed by atoms with E-state index in [-0.39, 0.29) is 11.7 Å². The van der Waals surface area contributed by atoms with E-state index in [0.717, 1.165) is 41.5 Å². The molecule has 34 heavy (non-hydrogen) atoms. The molecule has 0 aliphatic rings. The number of nitrogens with one attached hydrogen (secondary N) is 1. The minimum atomic E-state index is -0.478. The lowest BCUT2D eigenvalue weighted by atomic mass is 10.0. The van der Waals surface area contributed by atoms with Crippen LogP contribution in [-0.2, 0) is 27.3 Å². The molecule has 176 valence electrons. The summed E-state index contributed by atoms with van der Waals surface area (Å²) < 4.78 is 23.1. The number of hydrogen-bond donors (Lipinski definition) is 1. The second kappa shape index (κ2) is 12.9. The van der Waals surface area contributed by atoms with E-state index in [1.165, 1.54) is 31.6 Å². The second-order valence-corrected chi connectivity index (χ2v) is 7.78. The van der Waals surface area contributed by atoms with Crippen LogP contribution in [0.4, 0.5) is 4.39 Å². The molecule has 0 fully saturated rings. The van der Waals surface area contributed by atoms with E-state index in [0.29, 0.717) is 18.7 Å². The second-order valence-electron chi connectivity index (χ2n) is 7.78. The van der Waals surface area contributed by atoms with Gasteiger partial charge >= 0.3 is 5.97 Å². The van der Waals surface area contributed by atoms with Crippen molar-refractivity contribution in [1.82, 2.24) is 5.32 Å². The standard InChI is InChI=1S/C28H28FNO4/c1-33-28(32)17-18-34-26-15-13-24(14-16-26)23-11-9-22(10-12-23)20-30-27(31)8-3-2-5-21-6-4-7-25(29)19-21/h4,6-7,9-19H,2-3,5,8,20H2,1H3,(H,30,31)/b18-17+. The molecule has 0 unspecified atom stereocenters. The van der Waals surface area contributed by atoms with Gasteiger partial charge < -0.3 is 14.8 Å². The molecular weight excluding hydrogens is 433 g/mol. The summed E-state index contributed by atoms with van der Waals surface area (Å²) in [5, 5.41) is 2.95. The molecule has 3 rings (SSSR count). The number of amides is 1. The van der Waals surface area contributed by atoms with Crippen LogP contribution in [0.1, 0.15) is 30.4 Å². The number of benzene rings is 3. The number of esters is 1. The third kappa shape index (κ3) is 8.20. The SMILES string of the molecule is COC(=O)/C=C/Oc1ccc(-c2ccc(CNC(=O)CCCCc3cccc(F)c3)cc2)cc1. The Kier molecular flexibility index (Phi) is 9.40. The summed E-state index contributed by atoms with van der Waals surface area (Å²) in [6, 6.07) is 22.1. The lowest BCUT2D eigenvalue weighted by Gasteiger charge is -2.08. The first-order chi connectivity index (χ1) is 16.5. The number of carbonyl (C=O) groups excluding carboxylic acids is 2. The fourth-order valence-corrected chi connectivity index (χ4v) is 3.37. The van der Waals surface area contributed by atoms with Gasteiger partial charge in [0.05, 0.1) is 19.4 Å². The summed E-state index contributed by atoms with van der Waals surface area (Å²) in [6.07, 6.45) is 5.32. The van der Waals surface area contributed by atoms with Crippen LogP contribution in [-0.4, -0.2) is 19.0 Å². The Morgan fingerprint density at radius 2 is 1.62 bits per heavy atom. The predicted molar refractivity (Wildman–Crippen MR) is 129 cm³/mol. The Balaban J connectivity index is 1.39. The first-order valence-electron chi connectivity index (χ1n) is 11.1. The highest BCUT2D eigenvalue weighted by molar-refractivity contribution is 5.81. The molecule has 0 spiro atoms. The van der Waals surface area contributed by atoms with E-state index in [1.54, 1.807) is 6.07 Å². The Morgan fingerprint density at radius 3 is 2.29 bits per heavy atom. The summed E-state index contributed by atoms with van der Waals surface area (Å²) in [5.41, 5.74) is 4.05. The smallest absolute Gasteiger partial charge is 0.333 e. The Labute approximate surface area is 199 Å². The van der Waals surface area contributed by atoms with E-state index in [2.05, 4.69) is 10.1 Å². The van der Waals surface area contributed by atoms with Crippen LogP contribution in [0.5, 0.6) is 5.75 Å². The van der Waals surface area contributed by atoms with Gasteiger partial charge in [-0.1, -0.05) is 48.5 Å². The van der Waals surface area contributed by atoms with Crippen molar-refractivity contribution in [2.75, 3.05) is 7.11 Å². The molecule has 0 aliphatic heterocycles. The zero-order chi connectivity index (χ0) is 24.2. The van der Waals surface area contributed by atoms with Crippen molar-refractivity contribution in [3.8, 4) is 16.9 Å². The normalized spacial score (nSPS) is 10.8. The monoisotopic (exact) mass is 461 g/mol. The van der Waals surface area contributed by atoms with Gasteiger partial charge in [0.1, 0.15) is 11.6 Å². The molecule has 1 N–H and O–H groups in total. The molecule has 3 aromatic carbocycles. The van der Waals surface area contributed by atoms with Crippen molar-refractivity contribution in [2.45, 2.75) is 32.2 Å². The van der Waals surface area contributed by atoms with E-state index in [4.69, 9.17) is 4.74 Å². The molecule has 0 atom stereocenters. The van der Waals surface area contributed by atoms with E-state index in [9.17, 15) is 14.0 Å². The molecule has 1 amide bonds. The minimum absolute atomic E-state index is 0.0140. The van der Waals surface area contributed by atoms with Gasteiger partial charge in [-0.05, 0) is 65.8 Å². The molecule has 5 nitrogen and oxygen atoms in total. The maximum Gasteiger partial charge on any atom is 0.333 e. The summed E-state index contributed by atoms with van der Waals surface area (Å²) in [4.78, 5) is 23.2. The predicted octanol–water partition coefficient (Wildman–Crippen LogP) is 5.59.